The van der Waals surface area contributed by atoms with Gasteiger partial charge < -0.3 is 5.32 Å². The first-order chi connectivity index (χ1) is 9.70. The van der Waals surface area contributed by atoms with Gasteiger partial charge >= 0.3 is 0 Å². The first-order valence-corrected chi connectivity index (χ1v) is 8.75. The summed E-state index contributed by atoms with van der Waals surface area (Å²) in [6.07, 6.45) is 0. The summed E-state index contributed by atoms with van der Waals surface area (Å²) in [7, 11) is -3.92. The van der Waals surface area contributed by atoms with Gasteiger partial charge in [-0.1, -0.05) is 23.2 Å². The minimum atomic E-state index is -3.92. The van der Waals surface area contributed by atoms with Crippen LogP contribution in [0.15, 0.2) is 28.5 Å². The van der Waals surface area contributed by atoms with Gasteiger partial charge in [0.2, 0.25) is 10.0 Å². The molecule has 2 rings (SSSR count). The third kappa shape index (κ3) is 3.56. The van der Waals surface area contributed by atoms with Crippen molar-refractivity contribution in [3.8, 4) is 0 Å². The molecule has 0 aliphatic rings. The van der Waals surface area contributed by atoms with Gasteiger partial charge in [-0.25, -0.2) is 13.6 Å². The molecule has 0 atom stereocenters. The molecule has 0 fully saturated rings. The van der Waals surface area contributed by atoms with Crippen molar-refractivity contribution in [1.82, 2.24) is 0 Å². The van der Waals surface area contributed by atoms with Crippen molar-refractivity contribution in [1.29, 1.82) is 0 Å². The van der Waals surface area contributed by atoms with Gasteiger partial charge in [-0.2, -0.15) is 0 Å². The molecule has 0 saturated carbocycles. The normalized spacial score (nSPS) is 11.4. The van der Waals surface area contributed by atoms with Gasteiger partial charge in [-0.3, -0.25) is 4.79 Å². The smallest absolute Gasteiger partial charge is 0.266 e. The molecule has 5 nitrogen and oxygen atoms in total. The second-order valence-corrected chi connectivity index (χ2v) is 7.49. The molecule has 1 aromatic heterocycles. The van der Waals surface area contributed by atoms with E-state index in [9.17, 15) is 13.2 Å². The number of halogens is 2. The highest BCUT2D eigenvalue weighted by Crippen LogP contribution is 2.33. The van der Waals surface area contributed by atoms with E-state index in [1.54, 1.807) is 12.3 Å². The summed E-state index contributed by atoms with van der Waals surface area (Å²) < 4.78 is 22.6. The first-order valence-electron chi connectivity index (χ1n) is 5.57. The van der Waals surface area contributed by atoms with E-state index in [0.29, 0.717) is 4.88 Å². The van der Waals surface area contributed by atoms with Crippen LogP contribution in [0, 0.1) is 6.92 Å². The fraction of sp³-hybridized carbons (Fsp3) is 0.0833. The Bertz CT molecular complexity index is 793. The number of nitrogens with two attached hydrogens (primary N) is 1. The SMILES string of the molecule is Cc1ccsc1C(=O)Nc1c(Cl)cc(S(N)(=O)=O)cc1Cl. The van der Waals surface area contributed by atoms with E-state index in [0.717, 1.165) is 17.7 Å². The predicted octanol–water partition coefficient (Wildman–Crippen LogP) is 3.26. The quantitative estimate of drug-likeness (QED) is 0.875. The zero-order valence-electron chi connectivity index (χ0n) is 10.7. The lowest BCUT2D eigenvalue weighted by Crippen LogP contribution is -2.14. The number of nitrogens with one attached hydrogen (secondary N) is 1. The third-order valence-electron chi connectivity index (χ3n) is 2.65. The Balaban J connectivity index is 2.38. The lowest BCUT2D eigenvalue weighted by atomic mass is 10.2. The molecule has 9 heteroatoms. The average Bonchev–Trinajstić information content (AvgIpc) is 2.78. The number of carbonyl (C=O) groups excluding carboxylic acids is 1. The van der Waals surface area contributed by atoms with Crippen LogP contribution in [0.3, 0.4) is 0 Å². The van der Waals surface area contributed by atoms with E-state index in [-0.39, 0.29) is 26.5 Å². The molecule has 1 amide bonds. The number of benzene rings is 1. The van der Waals surface area contributed by atoms with Gasteiger partial charge in [0.05, 0.1) is 25.5 Å². The minimum Gasteiger partial charge on any atom is -0.319 e. The molecule has 0 radical (unpaired) electrons. The number of hydrogen-bond acceptors (Lipinski definition) is 4. The Labute approximate surface area is 135 Å². The Hall–Kier alpha value is -1.12. The maximum Gasteiger partial charge on any atom is 0.266 e. The van der Waals surface area contributed by atoms with Crippen molar-refractivity contribution in [2.45, 2.75) is 11.8 Å². The van der Waals surface area contributed by atoms with Gasteiger partial charge in [0.25, 0.3) is 5.91 Å². The van der Waals surface area contributed by atoms with Gasteiger partial charge in [0.1, 0.15) is 0 Å². The summed E-state index contributed by atoms with van der Waals surface area (Å²) in [5.41, 5.74) is 0.967. The second-order valence-electron chi connectivity index (χ2n) is 4.19. The van der Waals surface area contributed by atoms with Crippen molar-refractivity contribution in [3.63, 3.8) is 0 Å². The number of anilines is 1. The monoisotopic (exact) mass is 364 g/mol. The van der Waals surface area contributed by atoms with Crippen LogP contribution in [0.5, 0.6) is 0 Å². The van der Waals surface area contributed by atoms with E-state index in [1.165, 1.54) is 11.3 Å². The van der Waals surface area contributed by atoms with Gasteiger partial charge in [0, 0.05) is 0 Å². The van der Waals surface area contributed by atoms with Crippen LogP contribution in [-0.2, 0) is 10.0 Å². The molecule has 21 heavy (non-hydrogen) atoms. The maximum absolute atomic E-state index is 12.1. The zero-order valence-corrected chi connectivity index (χ0v) is 13.8. The van der Waals surface area contributed by atoms with E-state index in [2.05, 4.69) is 5.32 Å². The summed E-state index contributed by atoms with van der Waals surface area (Å²) in [5.74, 6) is -0.366. The van der Waals surface area contributed by atoms with Gasteiger partial charge in [-0.05, 0) is 36.1 Å². The molecule has 0 spiro atoms. The van der Waals surface area contributed by atoms with Crippen molar-refractivity contribution in [3.05, 3.63) is 44.1 Å². The molecule has 0 bridgehead atoms. The highest BCUT2D eigenvalue weighted by Gasteiger charge is 2.18. The number of rotatable bonds is 3. The number of primary sulfonamides is 1. The highest BCUT2D eigenvalue weighted by atomic mass is 35.5. The molecule has 0 aliphatic heterocycles. The molecule has 1 heterocycles. The third-order valence-corrected chi connectivity index (χ3v) is 5.16. The van der Waals surface area contributed by atoms with E-state index < -0.39 is 10.0 Å². The maximum atomic E-state index is 12.1. The van der Waals surface area contributed by atoms with E-state index >= 15 is 0 Å². The average molecular weight is 365 g/mol. The van der Waals surface area contributed by atoms with Gasteiger partial charge in [0.15, 0.2) is 0 Å². The topological polar surface area (TPSA) is 89.3 Å². The highest BCUT2D eigenvalue weighted by molar-refractivity contribution is 7.89. The van der Waals surface area contributed by atoms with Crippen LogP contribution in [0.2, 0.25) is 10.0 Å². The van der Waals surface area contributed by atoms with Crippen LogP contribution in [0.25, 0.3) is 0 Å². The van der Waals surface area contributed by atoms with Gasteiger partial charge in [-0.15, -0.1) is 11.3 Å². The summed E-state index contributed by atoms with van der Waals surface area (Å²) in [6, 6.07) is 4.09. The number of aryl methyl sites for hydroxylation is 1. The fourth-order valence-electron chi connectivity index (χ4n) is 1.61. The molecule has 112 valence electrons. The van der Waals surface area contributed by atoms with Crippen molar-refractivity contribution >= 4 is 56.2 Å². The van der Waals surface area contributed by atoms with Crippen LogP contribution in [0.1, 0.15) is 15.2 Å². The summed E-state index contributed by atoms with van der Waals surface area (Å²) >= 11 is 13.2. The summed E-state index contributed by atoms with van der Waals surface area (Å²) in [4.78, 5) is 12.4. The predicted molar refractivity (Wildman–Crippen MR) is 84.8 cm³/mol. The number of sulfonamides is 1. The molecule has 0 unspecified atom stereocenters. The van der Waals surface area contributed by atoms with Crippen molar-refractivity contribution in [2.75, 3.05) is 5.32 Å². The minimum absolute atomic E-state index is 0.00548. The van der Waals surface area contributed by atoms with Crippen molar-refractivity contribution in [2.24, 2.45) is 5.14 Å². The Kier molecular flexibility index (Phi) is 4.60. The van der Waals surface area contributed by atoms with Crippen molar-refractivity contribution < 1.29 is 13.2 Å². The van der Waals surface area contributed by atoms with Crippen LogP contribution in [-0.4, -0.2) is 14.3 Å². The fourth-order valence-corrected chi connectivity index (χ4v) is 3.70. The number of carbonyl (C=O) groups is 1. The molecular formula is C12H10Cl2N2O3S2. The molecule has 2 aromatic rings. The molecule has 0 aliphatic carbocycles. The second kappa shape index (κ2) is 5.94. The standard InChI is InChI=1S/C12H10Cl2N2O3S2/c1-6-2-3-20-11(6)12(17)16-10-8(13)4-7(5-9(10)14)21(15,18)19/h2-5H,1H3,(H,16,17)(H2,15,18,19). The van der Waals surface area contributed by atoms with Crippen LogP contribution < -0.4 is 10.5 Å². The molecule has 0 saturated heterocycles. The molecular weight excluding hydrogens is 355 g/mol. The van der Waals surface area contributed by atoms with Crippen LogP contribution >= 0.6 is 34.5 Å². The lowest BCUT2D eigenvalue weighted by Gasteiger charge is -2.10. The summed E-state index contributed by atoms with van der Waals surface area (Å²) in [5, 5.41) is 9.36. The number of hydrogen-bond donors (Lipinski definition) is 2. The Morgan fingerprint density at radius 3 is 2.29 bits per heavy atom. The molecule has 1 aromatic carbocycles. The van der Waals surface area contributed by atoms with E-state index in [1.807, 2.05) is 6.07 Å². The largest absolute Gasteiger partial charge is 0.319 e. The van der Waals surface area contributed by atoms with Crippen LogP contribution in [0.4, 0.5) is 5.69 Å². The Morgan fingerprint density at radius 2 is 1.86 bits per heavy atom. The Morgan fingerprint density at radius 1 is 1.29 bits per heavy atom. The summed E-state index contributed by atoms with van der Waals surface area (Å²) in [6.45, 7) is 1.80. The number of amides is 1. The zero-order chi connectivity index (χ0) is 15.8. The first kappa shape index (κ1) is 16.3. The molecule has 3 N–H and O–H groups in total. The number of thiophene rings is 1. The van der Waals surface area contributed by atoms with E-state index in [4.69, 9.17) is 28.3 Å². The lowest BCUT2D eigenvalue weighted by molar-refractivity contribution is 0.103.